The lowest BCUT2D eigenvalue weighted by molar-refractivity contribution is 1.14. The highest BCUT2D eigenvalue weighted by Gasteiger charge is 2.48. The Hall–Kier alpha value is -6.08. The summed E-state index contributed by atoms with van der Waals surface area (Å²) < 4.78 is 0. The van der Waals surface area contributed by atoms with Crippen molar-refractivity contribution in [2.75, 3.05) is 0 Å². The molecule has 1 aromatic carbocycles. The lowest BCUT2D eigenvalue weighted by Crippen LogP contribution is -2.77. The molecule has 0 saturated carbocycles. The van der Waals surface area contributed by atoms with Gasteiger partial charge < -0.3 is 0 Å². The Kier molecular flexibility index (Phi) is 6.87. The maximum Gasteiger partial charge on any atom is 0.249 e. The summed E-state index contributed by atoms with van der Waals surface area (Å²) >= 11 is 0. The zero-order valence-electron chi connectivity index (χ0n) is 22.4. The summed E-state index contributed by atoms with van der Waals surface area (Å²) in [6, 6.07) is 10.0. The predicted molar refractivity (Wildman–Crippen MR) is 160 cm³/mol. The molecule has 0 bridgehead atoms. The van der Waals surface area contributed by atoms with Crippen molar-refractivity contribution in [3.8, 4) is 34.2 Å². The highest BCUT2D eigenvalue weighted by molar-refractivity contribution is 7.18. The fourth-order valence-electron chi connectivity index (χ4n) is 4.83. The molecule has 7 aromatic rings. The molecule has 0 amide bonds. The van der Waals surface area contributed by atoms with E-state index in [4.69, 9.17) is 15.0 Å². The van der Waals surface area contributed by atoms with Gasteiger partial charge in [0.25, 0.3) is 0 Å². The van der Waals surface area contributed by atoms with Crippen LogP contribution in [-0.2, 0) is 0 Å². The molecule has 204 valence electrons. The van der Waals surface area contributed by atoms with Crippen LogP contribution >= 0.6 is 0 Å². The van der Waals surface area contributed by atoms with Gasteiger partial charge in [-0.05, 0) is 5.19 Å². The van der Waals surface area contributed by atoms with Gasteiger partial charge in [0.15, 0.2) is 0 Å². The van der Waals surface area contributed by atoms with Gasteiger partial charge in [0, 0.05) is 55.8 Å². The van der Waals surface area contributed by atoms with E-state index in [0.29, 0.717) is 50.1 Å². The molecule has 0 saturated heterocycles. The molecule has 7 rings (SSSR count). The third kappa shape index (κ3) is 4.89. The zero-order valence-corrected chi connectivity index (χ0v) is 23.4. The van der Waals surface area contributed by atoms with Crippen LogP contribution in [0.5, 0.6) is 0 Å². The van der Waals surface area contributed by atoms with Crippen LogP contribution in [0.25, 0.3) is 34.2 Å². The molecule has 12 nitrogen and oxygen atoms in total. The second kappa shape index (κ2) is 11.4. The normalized spacial score (nSPS) is 11.3. The number of rotatable bonds is 7. The molecule has 0 atom stereocenters. The average molecular weight is 577 g/mol. The van der Waals surface area contributed by atoms with E-state index in [9.17, 15) is 0 Å². The Morgan fingerprint density at radius 1 is 0.349 bits per heavy atom. The van der Waals surface area contributed by atoms with E-state index in [0.717, 1.165) is 5.19 Å². The minimum atomic E-state index is -3.46. The molecule has 6 aromatic heterocycles. The first-order chi connectivity index (χ1) is 21.3. The Morgan fingerprint density at radius 3 is 1.07 bits per heavy atom. The minimum Gasteiger partial charge on any atom is -0.261 e. The summed E-state index contributed by atoms with van der Waals surface area (Å²) in [5.41, 5.74) is 3.46. The monoisotopic (exact) mass is 576 g/mol. The summed E-state index contributed by atoms with van der Waals surface area (Å²) in [5.74, 6) is 0. The fourth-order valence-corrected chi connectivity index (χ4v) is 8.87. The number of nitrogens with zero attached hydrogens (tertiary/aromatic N) is 12. The molecule has 0 N–H and O–H groups in total. The highest BCUT2D eigenvalue weighted by atomic mass is 28.3. The van der Waals surface area contributed by atoms with Crippen molar-refractivity contribution in [2.45, 2.75) is 0 Å². The van der Waals surface area contributed by atoms with Crippen LogP contribution < -0.4 is 21.1 Å². The number of benzene rings is 1. The summed E-state index contributed by atoms with van der Waals surface area (Å²) in [4.78, 5) is 55.4. The van der Waals surface area contributed by atoms with Crippen LogP contribution in [0.3, 0.4) is 0 Å². The minimum absolute atomic E-state index is 0.564. The molecule has 0 spiro atoms. The first-order valence-electron chi connectivity index (χ1n) is 13.1. The van der Waals surface area contributed by atoms with Crippen molar-refractivity contribution in [3.63, 3.8) is 0 Å². The van der Waals surface area contributed by atoms with E-state index in [1.165, 1.54) is 0 Å². The first-order valence-corrected chi connectivity index (χ1v) is 15.1. The Morgan fingerprint density at radius 2 is 0.721 bits per heavy atom. The fraction of sp³-hybridized carbons (Fsp3) is 0. The number of aromatic nitrogens is 12. The quantitative estimate of drug-likeness (QED) is 0.247. The molecule has 0 unspecified atom stereocenters. The third-order valence-electron chi connectivity index (χ3n) is 6.74. The van der Waals surface area contributed by atoms with Crippen molar-refractivity contribution in [2.24, 2.45) is 0 Å². The van der Waals surface area contributed by atoms with Gasteiger partial charge in [-0.1, -0.05) is 30.3 Å². The van der Waals surface area contributed by atoms with Crippen LogP contribution in [0.4, 0.5) is 0 Å². The number of hydrogen-bond donors (Lipinski definition) is 0. The van der Waals surface area contributed by atoms with Gasteiger partial charge in [-0.3, -0.25) is 59.8 Å². The average Bonchev–Trinajstić information content (AvgIpc) is 3.11. The van der Waals surface area contributed by atoms with Crippen molar-refractivity contribution < 1.29 is 0 Å². The van der Waals surface area contributed by atoms with Gasteiger partial charge in [-0.15, -0.1) is 0 Å². The molecule has 0 aliphatic carbocycles. The standard InChI is InChI=1S/C30H20N12Si/c1-2-4-21(5-3-1)43(28-18-34-15-25(40-28)22-12-31-6-9-37-22,29-19-35-16-26(41-29)23-13-32-7-10-38-23)30-20-36-17-27(42-30)24-14-33-8-11-39-24/h1-20H. The van der Waals surface area contributed by atoms with E-state index >= 15 is 0 Å². The highest BCUT2D eigenvalue weighted by Crippen LogP contribution is 2.15. The second-order valence-corrected chi connectivity index (χ2v) is 12.9. The third-order valence-corrected chi connectivity index (χ3v) is 11.0. The summed E-state index contributed by atoms with van der Waals surface area (Å²) in [6.45, 7) is 0. The first kappa shape index (κ1) is 25.9. The van der Waals surface area contributed by atoms with E-state index in [1.807, 2.05) is 18.2 Å². The molecular weight excluding hydrogens is 557 g/mol. The van der Waals surface area contributed by atoms with Crippen molar-refractivity contribution in [1.82, 2.24) is 59.8 Å². The molecular formula is C30H20N12Si. The maximum atomic E-state index is 5.15. The second-order valence-electron chi connectivity index (χ2n) is 9.26. The van der Waals surface area contributed by atoms with E-state index in [-0.39, 0.29) is 0 Å². The van der Waals surface area contributed by atoms with Gasteiger partial charge in [-0.25, -0.2) is 0 Å². The molecule has 13 heteroatoms. The van der Waals surface area contributed by atoms with Crippen LogP contribution in [-0.4, -0.2) is 67.9 Å². The molecule has 43 heavy (non-hydrogen) atoms. The largest absolute Gasteiger partial charge is 0.261 e. The molecule has 6 heterocycles. The van der Waals surface area contributed by atoms with Crippen molar-refractivity contribution in [1.29, 1.82) is 0 Å². The maximum absolute atomic E-state index is 5.15. The van der Waals surface area contributed by atoms with Gasteiger partial charge >= 0.3 is 0 Å². The lowest BCUT2D eigenvalue weighted by Gasteiger charge is -2.30. The Bertz CT molecular complexity index is 1780. The van der Waals surface area contributed by atoms with E-state index in [1.54, 1.807) is 93.0 Å². The molecule has 0 radical (unpaired) electrons. The summed E-state index contributed by atoms with van der Waals surface area (Å²) in [6.07, 6.45) is 25.0. The lowest BCUT2D eigenvalue weighted by atomic mass is 10.3. The van der Waals surface area contributed by atoms with Crippen LogP contribution in [0.2, 0.25) is 0 Å². The predicted octanol–water partition coefficient (Wildman–Crippen LogP) is 0.805. The molecule has 0 aliphatic rings. The summed E-state index contributed by atoms with van der Waals surface area (Å²) in [7, 11) is -3.46. The van der Waals surface area contributed by atoms with Gasteiger partial charge in [0.2, 0.25) is 8.07 Å². The Balaban J connectivity index is 1.56. The topological polar surface area (TPSA) is 155 Å². The molecule has 0 aliphatic heterocycles. The SMILES string of the molecule is c1ccc([Si](c2cncc(-c3cnccn3)n2)(c2cncc(-c3cnccn3)n2)c2cncc(-c3cnccn3)n2)cc1. The van der Waals surface area contributed by atoms with Crippen LogP contribution in [0.1, 0.15) is 0 Å². The van der Waals surface area contributed by atoms with E-state index < -0.39 is 8.07 Å². The number of hydrogen-bond acceptors (Lipinski definition) is 12. The van der Waals surface area contributed by atoms with Gasteiger partial charge in [0.1, 0.15) is 34.2 Å². The van der Waals surface area contributed by atoms with Crippen LogP contribution in [0.15, 0.2) is 123 Å². The Labute approximate surface area is 246 Å². The van der Waals surface area contributed by atoms with E-state index in [2.05, 4.69) is 57.0 Å². The van der Waals surface area contributed by atoms with Gasteiger partial charge in [-0.2, -0.15) is 0 Å². The van der Waals surface area contributed by atoms with Crippen molar-refractivity contribution >= 4 is 29.2 Å². The van der Waals surface area contributed by atoms with Crippen LogP contribution in [0, 0.1) is 0 Å². The smallest absolute Gasteiger partial charge is 0.249 e. The summed E-state index contributed by atoms with van der Waals surface area (Å²) in [5, 5.41) is 2.95. The van der Waals surface area contributed by atoms with Gasteiger partial charge in [0.05, 0.1) is 53.1 Å². The van der Waals surface area contributed by atoms with Crippen molar-refractivity contribution in [3.05, 3.63) is 123 Å². The zero-order chi connectivity index (χ0) is 28.9. The molecule has 0 fully saturated rings.